The Kier molecular flexibility index (Phi) is 4.71. The van der Waals surface area contributed by atoms with Crippen LogP contribution < -0.4 is 5.32 Å². The van der Waals surface area contributed by atoms with Crippen molar-refractivity contribution in [3.05, 3.63) is 53.9 Å². The van der Waals surface area contributed by atoms with Crippen LogP contribution in [-0.4, -0.2) is 16.9 Å². The first kappa shape index (κ1) is 14.7. The Bertz CT molecular complexity index is 565. The van der Waals surface area contributed by atoms with Gasteiger partial charge in [-0.1, -0.05) is 31.5 Å². The summed E-state index contributed by atoms with van der Waals surface area (Å²) >= 11 is 2.03. The van der Waals surface area contributed by atoms with Crippen LogP contribution in [0.25, 0.3) is 0 Å². The minimum atomic E-state index is 0.490. The molecule has 0 saturated heterocycles. The molecule has 3 rings (SSSR count). The van der Waals surface area contributed by atoms with Gasteiger partial charge in [-0.2, -0.15) is 0 Å². The first-order valence-electron chi connectivity index (χ1n) is 7.87. The summed E-state index contributed by atoms with van der Waals surface area (Å²) in [7, 11) is 2.06. The molecule has 1 aromatic carbocycles. The van der Waals surface area contributed by atoms with Gasteiger partial charge in [0.2, 0.25) is 0 Å². The molecule has 0 bridgehead atoms. The van der Waals surface area contributed by atoms with Crippen molar-refractivity contribution in [3.63, 3.8) is 0 Å². The maximum Gasteiger partial charge on any atom is 0.0345 e. The van der Waals surface area contributed by atoms with E-state index in [0.717, 1.165) is 6.54 Å². The van der Waals surface area contributed by atoms with E-state index in [1.54, 1.807) is 0 Å². The number of thioether (sulfide) groups is 1. The number of hydrogen-bond donors (Lipinski definition) is 1. The Labute approximate surface area is 131 Å². The molecule has 1 aliphatic rings. The number of nitrogens with one attached hydrogen (secondary N) is 1. The van der Waals surface area contributed by atoms with E-state index in [1.807, 2.05) is 11.8 Å². The number of fused-ring (bicyclic) bond motifs is 1. The van der Waals surface area contributed by atoms with Gasteiger partial charge < -0.3 is 9.88 Å². The van der Waals surface area contributed by atoms with Crippen molar-refractivity contribution in [2.24, 2.45) is 0 Å². The molecule has 0 spiro atoms. The smallest absolute Gasteiger partial charge is 0.0345 e. The highest BCUT2D eigenvalue weighted by Gasteiger charge is 2.22. The zero-order valence-electron chi connectivity index (χ0n) is 12.9. The van der Waals surface area contributed by atoms with Gasteiger partial charge in [0.05, 0.1) is 0 Å². The molecule has 0 amide bonds. The average Bonchev–Trinajstić information content (AvgIpc) is 3.11. The minimum absolute atomic E-state index is 0.490. The molecule has 1 aliphatic heterocycles. The molecule has 1 N–H and O–H groups in total. The number of nitrogens with zero attached hydrogens (tertiary/aromatic N) is 1. The summed E-state index contributed by atoms with van der Waals surface area (Å²) in [4.78, 5) is 1.47. The molecule has 0 saturated carbocycles. The Morgan fingerprint density at radius 1 is 1.33 bits per heavy atom. The first-order chi connectivity index (χ1) is 10.3. The fourth-order valence-electron chi connectivity index (χ4n) is 3.14. The van der Waals surface area contributed by atoms with Crippen LogP contribution >= 0.6 is 11.8 Å². The predicted octanol–water partition coefficient (Wildman–Crippen LogP) is 4.27. The number of benzene rings is 1. The van der Waals surface area contributed by atoms with E-state index in [1.165, 1.54) is 35.3 Å². The maximum atomic E-state index is 3.42. The van der Waals surface area contributed by atoms with Gasteiger partial charge in [-0.25, -0.2) is 0 Å². The largest absolute Gasteiger partial charge is 0.353 e. The van der Waals surface area contributed by atoms with Gasteiger partial charge in [-0.3, -0.25) is 0 Å². The summed E-state index contributed by atoms with van der Waals surface area (Å²) in [6.07, 6.45) is 8.16. The lowest BCUT2D eigenvalue weighted by Crippen LogP contribution is -2.16. The van der Waals surface area contributed by atoms with Crippen LogP contribution in [0.4, 0.5) is 0 Å². The molecule has 0 fully saturated rings. The van der Waals surface area contributed by atoms with E-state index in [2.05, 4.69) is 66.6 Å². The molecule has 0 radical (unpaired) electrons. The normalized spacial score (nSPS) is 18.7. The quantitative estimate of drug-likeness (QED) is 0.858. The van der Waals surface area contributed by atoms with E-state index in [0.29, 0.717) is 11.3 Å². The van der Waals surface area contributed by atoms with Gasteiger partial charge in [0.1, 0.15) is 0 Å². The van der Waals surface area contributed by atoms with Crippen LogP contribution in [0.1, 0.15) is 36.9 Å². The minimum Gasteiger partial charge on any atom is -0.353 e. The van der Waals surface area contributed by atoms with E-state index in [9.17, 15) is 0 Å². The van der Waals surface area contributed by atoms with Crippen molar-refractivity contribution in [1.82, 2.24) is 9.88 Å². The number of aromatic nitrogens is 1. The van der Waals surface area contributed by atoms with Gasteiger partial charge in [-0.15, -0.1) is 11.8 Å². The third-order valence-electron chi connectivity index (χ3n) is 4.23. The molecule has 21 heavy (non-hydrogen) atoms. The van der Waals surface area contributed by atoms with Crippen molar-refractivity contribution in [2.75, 3.05) is 7.05 Å². The van der Waals surface area contributed by atoms with Gasteiger partial charge in [0, 0.05) is 35.1 Å². The van der Waals surface area contributed by atoms with Crippen LogP contribution in [-0.2, 0) is 13.0 Å². The lowest BCUT2D eigenvalue weighted by atomic mass is 10.1. The first-order valence-corrected chi connectivity index (χ1v) is 8.75. The summed E-state index contributed by atoms with van der Waals surface area (Å²) in [5, 5.41) is 4.09. The van der Waals surface area contributed by atoms with E-state index >= 15 is 0 Å². The molecule has 2 unspecified atom stereocenters. The van der Waals surface area contributed by atoms with Gasteiger partial charge >= 0.3 is 0 Å². The standard InChI is InChI=1S/C18H24N2S/c1-3-6-17(19-2)15-9-10-20(12-15)13-16-11-14-7-4-5-8-18(14)21-16/h4-5,7-10,12,16-17,19H,3,6,11,13H2,1-2H3. The number of rotatable bonds is 6. The fraction of sp³-hybridized carbons (Fsp3) is 0.444. The monoisotopic (exact) mass is 300 g/mol. The fourth-order valence-corrected chi connectivity index (χ4v) is 4.46. The summed E-state index contributed by atoms with van der Waals surface area (Å²) in [6, 6.07) is 11.6. The Balaban J connectivity index is 1.63. The second-order valence-corrected chi connectivity index (χ2v) is 7.17. The average molecular weight is 300 g/mol. The zero-order valence-corrected chi connectivity index (χ0v) is 13.7. The highest BCUT2D eigenvalue weighted by atomic mass is 32.2. The molecule has 112 valence electrons. The third-order valence-corrected chi connectivity index (χ3v) is 5.53. The molecule has 2 heterocycles. The lowest BCUT2D eigenvalue weighted by molar-refractivity contribution is 0.539. The lowest BCUT2D eigenvalue weighted by Gasteiger charge is -2.14. The van der Waals surface area contributed by atoms with Crippen molar-refractivity contribution in [2.45, 2.75) is 48.9 Å². The molecular weight excluding hydrogens is 276 g/mol. The van der Waals surface area contributed by atoms with Crippen molar-refractivity contribution in [1.29, 1.82) is 0 Å². The molecule has 2 nitrogen and oxygen atoms in total. The summed E-state index contributed by atoms with van der Waals surface area (Å²) in [6.45, 7) is 3.34. The second-order valence-electron chi connectivity index (χ2n) is 5.82. The molecule has 0 aliphatic carbocycles. The highest BCUT2D eigenvalue weighted by molar-refractivity contribution is 8.00. The van der Waals surface area contributed by atoms with Crippen molar-refractivity contribution >= 4 is 11.8 Å². The number of hydrogen-bond acceptors (Lipinski definition) is 2. The second kappa shape index (κ2) is 6.71. The molecule has 2 aromatic rings. The molecule has 2 atom stereocenters. The maximum absolute atomic E-state index is 3.42. The van der Waals surface area contributed by atoms with Crippen LogP contribution in [0.5, 0.6) is 0 Å². The van der Waals surface area contributed by atoms with Gasteiger partial charge in [0.15, 0.2) is 0 Å². The topological polar surface area (TPSA) is 17.0 Å². The summed E-state index contributed by atoms with van der Waals surface area (Å²) < 4.78 is 2.36. The highest BCUT2D eigenvalue weighted by Crippen LogP contribution is 2.37. The van der Waals surface area contributed by atoms with E-state index in [-0.39, 0.29) is 0 Å². The van der Waals surface area contributed by atoms with E-state index in [4.69, 9.17) is 0 Å². The van der Waals surface area contributed by atoms with Crippen LogP contribution in [0.2, 0.25) is 0 Å². The van der Waals surface area contributed by atoms with Crippen molar-refractivity contribution < 1.29 is 0 Å². The zero-order chi connectivity index (χ0) is 14.7. The third kappa shape index (κ3) is 3.35. The van der Waals surface area contributed by atoms with Crippen LogP contribution in [0, 0.1) is 0 Å². The summed E-state index contributed by atoms with van der Waals surface area (Å²) in [5.74, 6) is 0. The predicted molar refractivity (Wildman–Crippen MR) is 90.9 cm³/mol. The SMILES string of the molecule is CCCC(NC)c1ccn(CC2Cc3ccccc3S2)c1. The molecular formula is C18H24N2S. The van der Waals surface area contributed by atoms with Gasteiger partial charge in [0.25, 0.3) is 0 Å². The van der Waals surface area contributed by atoms with Crippen LogP contribution in [0.15, 0.2) is 47.6 Å². The van der Waals surface area contributed by atoms with Crippen molar-refractivity contribution in [3.8, 4) is 0 Å². The van der Waals surface area contributed by atoms with E-state index < -0.39 is 0 Å². The Morgan fingerprint density at radius 2 is 2.19 bits per heavy atom. The Hall–Kier alpha value is -1.19. The molecule has 3 heteroatoms. The van der Waals surface area contributed by atoms with Gasteiger partial charge in [-0.05, 0) is 43.1 Å². The van der Waals surface area contributed by atoms with Crippen LogP contribution in [0.3, 0.4) is 0 Å². The Morgan fingerprint density at radius 3 is 2.95 bits per heavy atom. The summed E-state index contributed by atoms with van der Waals surface area (Å²) in [5.41, 5.74) is 2.93. The molecule has 1 aromatic heterocycles.